The number of likely N-dealkylation sites (tertiary alicyclic amines) is 1. The summed E-state index contributed by atoms with van der Waals surface area (Å²) in [7, 11) is 1.86. The van der Waals surface area contributed by atoms with Gasteiger partial charge in [-0.3, -0.25) is 9.48 Å². The Kier molecular flexibility index (Phi) is 6.09. The molecule has 1 fully saturated rings. The first-order chi connectivity index (χ1) is 17.6. The normalized spacial score (nSPS) is 14.6. The molecule has 3 aromatic heterocycles. The molecule has 0 aliphatic carbocycles. The number of aromatic nitrogens is 6. The van der Waals surface area contributed by atoms with E-state index in [0.717, 1.165) is 33.8 Å². The van der Waals surface area contributed by atoms with Crippen LogP contribution in [0.15, 0.2) is 36.7 Å². The Hall–Kier alpha value is -4.02. The van der Waals surface area contributed by atoms with Gasteiger partial charge in [-0.25, -0.2) is 27.8 Å². The smallest absolute Gasteiger partial charge is 0.282 e. The summed E-state index contributed by atoms with van der Waals surface area (Å²) in [5.74, 6) is -3.13. The fourth-order valence-corrected chi connectivity index (χ4v) is 4.86. The maximum atomic E-state index is 13.5. The Bertz CT molecular complexity index is 1480. The van der Waals surface area contributed by atoms with Crippen LogP contribution in [-0.2, 0) is 19.9 Å². The molecule has 4 aromatic rings. The van der Waals surface area contributed by atoms with E-state index in [4.69, 9.17) is 5.10 Å². The largest absolute Gasteiger partial charge is 0.326 e. The third-order valence-electron chi connectivity index (χ3n) is 6.61. The van der Waals surface area contributed by atoms with Gasteiger partial charge in [-0.05, 0) is 44.5 Å². The summed E-state index contributed by atoms with van der Waals surface area (Å²) in [5, 5.41) is 9.18. The van der Waals surface area contributed by atoms with Crippen molar-refractivity contribution in [2.45, 2.75) is 39.5 Å². The van der Waals surface area contributed by atoms with Crippen LogP contribution in [-0.4, -0.2) is 59.3 Å². The van der Waals surface area contributed by atoms with Crippen LogP contribution in [0.5, 0.6) is 0 Å². The van der Waals surface area contributed by atoms with Crippen LogP contribution in [0, 0.1) is 19.7 Å². The SMILES string of the molecule is CCc1c(Cc2cc(-n3nc(C)c(C(=O)N4CC(F)(F)C4)c3C)ncn2)nn(C)c1-c1ccc(F)cc1. The van der Waals surface area contributed by atoms with Crippen molar-refractivity contribution in [2.24, 2.45) is 7.05 Å². The lowest BCUT2D eigenvalue weighted by molar-refractivity contribution is -0.113. The molecular formula is C26H26F3N7O. The van der Waals surface area contributed by atoms with Crippen LogP contribution in [0.3, 0.4) is 0 Å². The standard InChI is InChI=1S/C26H26F3N7O/c1-5-20-21(33-34(4)24(20)17-6-8-18(27)9-7-17)10-19-11-22(31-14-30-19)36-16(3)23(15(2)32-36)25(37)35-12-26(28,29)13-35/h6-9,11,14H,5,10,12-13H2,1-4H3. The number of hydrogen-bond acceptors (Lipinski definition) is 5. The first-order valence-corrected chi connectivity index (χ1v) is 11.9. The molecular weight excluding hydrogens is 483 g/mol. The summed E-state index contributed by atoms with van der Waals surface area (Å²) < 4.78 is 43.4. The Morgan fingerprint density at radius 3 is 2.43 bits per heavy atom. The van der Waals surface area contributed by atoms with Gasteiger partial charge in [0.2, 0.25) is 0 Å². The summed E-state index contributed by atoms with van der Waals surface area (Å²) in [6, 6.07) is 8.11. The van der Waals surface area contributed by atoms with E-state index in [9.17, 15) is 18.0 Å². The van der Waals surface area contributed by atoms with Gasteiger partial charge in [-0.1, -0.05) is 6.92 Å². The average Bonchev–Trinajstić information content (AvgIpc) is 3.32. The van der Waals surface area contributed by atoms with Crippen LogP contribution >= 0.6 is 0 Å². The van der Waals surface area contributed by atoms with Crippen molar-refractivity contribution >= 4 is 5.91 Å². The average molecular weight is 510 g/mol. The van der Waals surface area contributed by atoms with Gasteiger partial charge in [0.05, 0.1) is 47.1 Å². The number of halogens is 3. The molecule has 8 nitrogen and oxygen atoms in total. The van der Waals surface area contributed by atoms with E-state index in [1.54, 1.807) is 36.7 Å². The van der Waals surface area contributed by atoms with Crippen molar-refractivity contribution in [3.8, 4) is 17.1 Å². The number of nitrogens with zero attached hydrogens (tertiary/aromatic N) is 7. The van der Waals surface area contributed by atoms with Gasteiger partial charge in [0.15, 0.2) is 5.82 Å². The zero-order chi connectivity index (χ0) is 26.5. The molecule has 1 aliphatic rings. The third kappa shape index (κ3) is 4.49. The van der Waals surface area contributed by atoms with Crippen LogP contribution in [0.2, 0.25) is 0 Å². The summed E-state index contributed by atoms with van der Waals surface area (Å²) in [5.41, 5.74) is 5.65. The molecule has 0 atom stereocenters. The topological polar surface area (TPSA) is 81.7 Å². The number of alkyl halides is 2. The van der Waals surface area contributed by atoms with Crippen LogP contribution in [0.1, 0.15) is 45.6 Å². The third-order valence-corrected chi connectivity index (χ3v) is 6.61. The maximum absolute atomic E-state index is 13.5. The van der Waals surface area contributed by atoms with Crippen molar-refractivity contribution in [3.63, 3.8) is 0 Å². The lowest BCUT2D eigenvalue weighted by atomic mass is 10.0. The summed E-state index contributed by atoms with van der Waals surface area (Å²) >= 11 is 0. The number of carbonyl (C=O) groups excluding carboxylic acids is 1. The number of carbonyl (C=O) groups is 1. The molecule has 0 unspecified atom stereocenters. The van der Waals surface area contributed by atoms with E-state index in [1.807, 2.05) is 14.0 Å². The van der Waals surface area contributed by atoms with E-state index in [-0.39, 0.29) is 5.82 Å². The minimum absolute atomic E-state index is 0.297. The molecule has 1 aromatic carbocycles. The molecule has 0 saturated carbocycles. The minimum atomic E-state index is -2.84. The highest BCUT2D eigenvalue weighted by Gasteiger charge is 2.47. The van der Waals surface area contributed by atoms with Crippen molar-refractivity contribution in [2.75, 3.05) is 13.1 Å². The number of rotatable bonds is 6. The molecule has 37 heavy (non-hydrogen) atoms. The molecule has 1 amide bonds. The second-order valence-electron chi connectivity index (χ2n) is 9.28. The number of benzene rings is 1. The van der Waals surface area contributed by atoms with Gasteiger partial charge in [-0.2, -0.15) is 10.2 Å². The van der Waals surface area contributed by atoms with Gasteiger partial charge in [0, 0.05) is 30.7 Å². The number of hydrogen-bond donors (Lipinski definition) is 0. The molecule has 5 rings (SSSR count). The molecule has 192 valence electrons. The lowest BCUT2D eigenvalue weighted by Crippen LogP contribution is -2.58. The van der Waals surface area contributed by atoms with Crippen molar-refractivity contribution < 1.29 is 18.0 Å². The first kappa shape index (κ1) is 24.7. The van der Waals surface area contributed by atoms with E-state index in [2.05, 4.69) is 15.1 Å². The lowest BCUT2D eigenvalue weighted by Gasteiger charge is -2.38. The Morgan fingerprint density at radius 2 is 1.78 bits per heavy atom. The fourth-order valence-electron chi connectivity index (χ4n) is 4.86. The fraction of sp³-hybridized carbons (Fsp3) is 0.346. The van der Waals surface area contributed by atoms with Gasteiger partial charge in [-0.15, -0.1) is 0 Å². The quantitative estimate of drug-likeness (QED) is 0.392. The highest BCUT2D eigenvalue weighted by Crippen LogP contribution is 2.30. The molecule has 0 bridgehead atoms. The summed E-state index contributed by atoms with van der Waals surface area (Å²) in [4.78, 5) is 22.7. The van der Waals surface area contributed by atoms with Crippen molar-refractivity contribution in [3.05, 3.63) is 76.4 Å². The molecule has 1 saturated heterocycles. The monoisotopic (exact) mass is 509 g/mol. The highest BCUT2D eigenvalue weighted by molar-refractivity contribution is 5.97. The molecule has 0 radical (unpaired) electrons. The predicted octanol–water partition coefficient (Wildman–Crippen LogP) is 4.06. The Balaban J connectivity index is 1.44. The molecule has 4 heterocycles. The Labute approximate surface area is 211 Å². The summed E-state index contributed by atoms with van der Waals surface area (Å²) in [6.45, 7) is 4.26. The van der Waals surface area contributed by atoms with Crippen LogP contribution in [0.25, 0.3) is 17.1 Å². The molecule has 0 N–H and O–H groups in total. The number of amides is 1. The van der Waals surface area contributed by atoms with E-state index >= 15 is 0 Å². The second kappa shape index (κ2) is 9.13. The van der Waals surface area contributed by atoms with E-state index in [0.29, 0.717) is 34.9 Å². The first-order valence-electron chi connectivity index (χ1n) is 11.9. The predicted molar refractivity (Wildman–Crippen MR) is 130 cm³/mol. The zero-order valence-electron chi connectivity index (χ0n) is 21.0. The Morgan fingerprint density at radius 1 is 1.08 bits per heavy atom. The zero-order valence-corrected chi connectivity index (χ0v) is 21.0. The second-order valence-corrected chi connectivity index (χ2v) is 9.28. The van der Waals surface area contributed by atoms with Gasteiger partial charge in [0.1, 0.15) is 12.1 Å². The van der Waals surface area contributed by atoms with Crippen molar-refractivity contribution in [1.29, 1.82) is 0 Å². The van der Waals surface area contributed by atoms with Crippen LogP contribution < -0.4 is 0 Å². The van der Waals surface area contributed by atoms with Gasteiger partial charge in [0.25, 0.3) is 11.8 Å². The van der Waals surface area contributed by atoms with Crippen LogP contribution in [0.4, 0.5) is 13.2 Å². The molecule has 0 spiro atoms. The van der Waals surface area contributed by atoms with Gasteiger partial charge < -0.3 is 4.90 Å². The van der Waals surface area contributed by atoms with E-state index < -0.39 is 24.9 Å². The maximum Gasteiger partial charge on any atom is 0.282 e. The van der Waals surface area contributed by atoms with Gasteiger partial charge >= 0.3 is 0 Å². The van der Waals surface area contributed by atoms with E-state index in [1.165, 1.54) is 23.1 Å². The minimum Gasteiger partial charge on any atom is -0.326 e. The molecule has 1 aliphatic heterocycles. The highest BCUT2D eigenvalue weighted by atomic mass is 19.3. The van der Waals surface area contributed by atoms with Crippen molar-refractivity contribution in [1.82, 2.24) is 34.4 Å². The summed E-state index contributed by atoms with van der Waals surface area (Å²) in [6.07, 6.45) is 2.59. The molecule has 11 heteroatoms. The number of aryl methyl sites for hydroxylation is 2.